The first-order chi connectivity index (χ1) is 8.62. The van der Waals surface area contributed by atoms with Gasteiger partial charge in [-0.25, -0.2) is 0 Å². The molecule has 0 unspecified atom stereocenters. The monoisotopic (exact) mass is 260 g/mol. The van der Waals surface area contributed by atoms with Gasteiger partial charge in [0.2, 0.25) is 0 Å². The maximum absolute atomic E-state index is 10.5. The first-order valence-corrected chi connectivity index (χ1v) is 6.93. The second-order valence-electron chi connectivity index (χ2n) is 3.86. The fourth-order valence-corrected chi connectivity index (χ4v) is 0.865. The highest BCUT2D eigenvalue weighted by Crippen LogP contribution is 1.90. The van der Waals surface area contributed by atoms with Gasteiger partial charge in [0.25, 0.3) is 0 Å². The molecule has 0 saturated heterocycles. The molecule has 0 aromatic carbocycles. The highest BCUT2D eigenvalue weighted by molar-refractivity contribution is 5.69. The Labute approximate surface area is 111 Å². The van der Waals surface area contributed by atoms with Crippen molar-refractivity contribution in [3.8, 4) is 0 Å². The summed E-state index contributed by atoms with van der Waals surface area (Å²) in [5, 5.41) is 0. The average Bonchev–Trinajstić information content (AvgIpc) is 2.39. The zero-order chi connectivity index (χ0) is 14.2. The van der Waals surface area contributed by atoms with Gasteiger partial charge >= 0.3 is 11.9 Å². The van der Waals surface area contributed by atoms with E-state index in [4.69, 9.17) is 9.47 Å². The lowest BCUT2D eigenvalue weighted by atomic mass is 10.4. The van der Waals surface area contributed by atoms with Crippen molar-refractivity contribution in [2.75, 3.05) is 13.2 Å². The van der Waals surface area contributed by atoms with E-state index in [0.717, 1.165) is 25.7 Å². The first-order valence-electron chi connectivity index (χ1n) is 6.93. The van der Waals surface area contributed by atoms with Gasteiger partial charge in [-0.05, 0) is 12.8 Å². The van der Waals surface area contributed by atoms with E-state index in [0.29, 0.717) is 26.1 Å². The van der Waals surface area contributed by atoms with Crippen LogP contribution >= 0.6 is 0 Å². The maximum Gasteiger partial charge on any atom is 0.305 e. The highest BCUT2D eigenvalue weighted by Gasteiger charge is 1.95. The van der Waals surface area contributed by atoms with Crippen LogP contribution < -0.4 is 0 Å². The molecular formula is C14H28O4. The third kappa shape index (κ3) is 17.3. The molecule has 0 heterocycles. The predicted molar refractivity (Wildman–Crippen MR) is 72.3 cm³/mol. The number of unbranched alkanes of at least 4 members (excludes halogenated alkanes) is 2. The van der Waals surface area contributed by atoms with Gasteiger partial charge in [-0.15, -0.1) is 0 Å². The zero-order valence-corrected chi connectivity index (χ0v) is 12.3. The van der Waals surface area contributed by atoms with Crippen molar-refractivity contribution in [2.24, 2.45) is 0 Å². The van der Waals surface area contributed by atoms with E-state index in [1.54, 1.807) is 13.8 Å². The van der Waals surface area contributed by atoms with Crippen LogP contribution in [0.4, 0.5) is 0 Å². The van der Waals surface area contributed by atoms with Crippen LogP contribution in [0.25, 0.3) is 0 Å². The smallest absolute Gasteiger partial charge is 0.305 e. The molecule has 0 saturated carbocycles. The summed E-state index contributed by atoms with van der Waals surface area (Å²) in [6.07, 6.45) is 5.10. The molecule has 0 N–H and O–H groups in total. The normalized spacial score (nSPS) is 9.11. The van der Waals surface area contributed by atoms with Crippen molar-refractivity contribution >= 4 is 11.9 Å². The summed E-state index contributed by atoms with van der Waals surface area (Å²) in [7, 11) is 0. The Kier molecular flexibility index (Phi) is 17.1. The Morgan fingerprint density at radius 1 is 0.722 bits per heavy atom. The molecule has 0 spiro atoms. The molecule has 0 rings (SSSR count). The number of esters is 2. The van der Waals surface area contributed by atoms with E-state index in [-0.39, 0.29) is 11.9 Å². The summed E-state index contributed by atoms with van der Waals surface area (Å²) in [6.45, 7) is 8.91. The van der Waals surface area contributed by atoms with Crippen LogP contribution in [0.1, 0.15) is 66.2 Å². The molecule has 18 heavy (non-hydrogen) atoms. The summed E-state index contributed by atoms with van der Waals surface area (Å²) in [5.41, 5.74) is 0. The molecule has 0 radical (unpaired) electrons. The minimum atomic E-state index is -0.0940. The second kappa shape index (κ2) is 15.9. The van der Waals surface area contributed by atoms with Gasteiger partial charge in [0.1, 0.15) is 0 Å². The van der Waals surface area contributed by atoms with Gasteiger partial charge in [0.15, 0.2) is 0 Å². The van der Waals surface area contributed by atoms with Crippen LogP contribution in [0.15, 0.2) is 0 Å². The highest BCUT2D eigenvalue weighted by atomic mass is 16.5. The molecule has 0 aromatic rings. The van der Waals surface area contributed by atoms with Crippen LogP contribution in [-0.4, -0.2) is 25.2 Å². The van der Waals surface area contributed by atoms with Gasteiger partial charge in [0.05, 0.1) is 13.2 Å². The number of hydrogen-bond acceptors (Lipinski definition) is 4. The van der Waals surface area contributed by atoms with E-state index in [9.17, 15) is 9.59 Å². The Balaban J connectivity index is 0. The largest absolute Gasteiger partial charge is 0.466 e. The summed E-state index contributed by atoms with van der Waals surface area (Å²) in [5.74, 6) is -0.188. The van der Waals surface area contributed by atoms with Crippen LogP contribution in [0.3, 0.4) is 0 Å². The molecule has 0 amide bonds. The van der Waals surface area contributed by atoms with E-state index in [2.05, 4.69) is 13.8 Å². The number of carbonyl (C=O) groups is 2. The molecule has 4 heteroatoms. The van der Waals surface area contributed by atoms with Crippen molar-refractivity contribution in [2.45, 2.75) is 66.2 Å². The first kappa shape index (κ1) is 19.3. The van der Waals surface area contributed by atoms with E-state index >= 15 is 0 Å². The fraction of sp³-hybridized carbons (Fsp3) is 0.857. The van der Waals surface area contributed by atoms with Gasteiger partial charge in [-0.3, -0.25) is 9.59 Å². The number of rotatable bonds is 8. The van der Waals surface area contributed by atoms with Gasteiger partial charge in [-0.2, -0.15) is 0 Å². The zero-order valence-electron chi connectivity index (χ0n) is 12.3. The molecular weight excluding hydrogens is 232 g/mol. The Morgan fingerprint density at radius 3 is 1.28 bits per heavy atom. The molecule has 0 aliphatic rings. The number of carbonyl (C=O) groups excluding carboxylic acids is 2. The van der Waals surface area contributed by atoms with Gasteiger partial charge in [-0.1, -0.05) is 40.5 Å². The van der Waals surface area contributed by atoms with Gasteiger partial charge < -0.3 is 9.47 Å². The summed E-state index contributed by atoms with van der Waals surface area (Å²) in [4.78, 5) is 20.9. The molecule has 0 aromatic heterocycles. The molecule has 108 valence electrons. The molecule has 0 aliphatic heterocycles. The van der Waals surface area contributed by atoms with Crippen molar-refractivity contribution in [1.29, 1.82) is 0 Å². The topological polar surface area (TPSA) is 52.6 Å². The SMILES string of the molecule is CCCCOC(=O)CC.CCCCOC(=O)CC. The van der Waals surface area contributed by atoms with Crippen molar-refractivity contribution in [3.63, 3.8) is 0 Å². The lowest BCUT2D eigenvalue weighted by Gasteiger charge is -1.99. The minimum absolute atomic E-state index is 0.0940. The average molecular weight is 260 g/mol. The third-order valence-electron chi connectivity index (χ3n) is 2.10. The maximum atomic E-state index is 10.5. The van der Waals surface area contributed by atoms with Crippen LogP contribution in [0.5, 0.6) is 0 Å². The van der Waals surface area contributed by atoms with Crippen molar-refractivity contribution < 1.29 is 19.1 Å². The van der Waals surface area contributed by atoms with Crippen LogP contribution in [0, 0.1) is 0 Å². The molecule has 0 bridgehead atoms. The van der Waals surface area contributed by atoms with Crippen molar-refractivity contribution in [3.05, 3.63) is 0 Å². The quantitative estimate of drug-likeness (QED) is 0.495. The Morgan fingerprint density at radius 2 is 1.06 bits per heavy atom. The lowest BCUT2D eigenvalue weighted by Crippen LogP contribution is -2.02. The van der Waals surface area contributed by atoms with E-state index in [1.807, 2.05) is 0 Å². The molecule has 0 aliphatic carbocycles. The summed E-state index contributed by atoms with van der Waals surface area (Å²) in [6, 6.07) is 0. The number of hydrogen-bond donors (Lipinski definition) is 0. The minimum Gasteiger partial charge on any atom is -0.466 e. The Bertz CT molecular complexity index is 180. The second-order valence-corrected chi connectivity index (χ2v) is 3.86. The molecule has 4 nitrogen and oxygen atoms in total. The van der Waals surface area contributed by atoms with Crippen LogP contribution in [-0.2, 0) is 19.1 Å². The third-order valence-corrected chi connectivity index (χ3v) is 2.10. The Hall–Kier alpha value is -1.06. The molecule has 0 atom stereocenters. The van der Waals surface area contributed by atoms with Crippen LogP contribution in [0.2, 0.25) is 0 Å². The predicted octanol–water partition coefficient (Wildman–Crippen LogP) is 3.48. The van der Waals surface area contributed by atoms with E-state index < -0.39 is 0 Å². The van der Waals surface area contributed by atoms with E-state index in [1.165, 1.54) is 0 Å². The summed E-state index contributed by atoms with van der Waals surface area (Å²) < 4.78 is 9.59. The van der Waals surface area contributed by atoms with Crippen molar-refractivity contribution in [1.82, 2.24) is 0 Å². The fourth-order valence-electron chi connectivity index (χ4n) is 0.865. The molecule has 0 fully saturated rings. The standard InChI is InChI=1S/2C7H14O2/c2*1-3-5-6-9-7(8)4-2/h2*3-6H2,1-2H3. The lowest BCUT2D eigenvalue weighted by molar-refractivity contribution is -0.144. The number of ether oxygens (including phenoxy) is 2. The van der Waals surface area contributed by atoms with Gasteiger partial charge in [0, 0.05) is 12.8 Å². The summed E-state index contributed by atoms with van der Waals surface area (Å²) >= 11 is 0.